The first-order chi connectivity index (χ1) is 11.7. The summed E-state index contributed by atoms with van der Waals surface area (Å²) in [5, 5.41) is -0.572. The number of likely N-dealkylation sites (tertiary alicyclic amines) is 1. The highest BCUT2D eigenvalue weighted by molar-refractivity contribution is 7.83. The van der Waals surface area contributed by atoms with Crippen molar-refractivity contribution < 1.29 is 17.7 Å². The Kier molecular flexibility index (Phi) is 5.33. The maximum absolute atomic E-state index is 10.8. The molecule has 1 saturated heterocycles. The van der Waals surface area contributed by atoms with Gasteiger partial charge in [-0.3, -0.25) is 9.45 Å². The van der Waals surface area contributed by atoms with Gasteiger partial charge in [-0.15, -0.1) is 11.6 Å². The molecular weight excluding hydrogens is 364 g/mol. The fourth-order valence-electron chi connectivity index (χ4n) is 3.73. The molecule has 0 radical (unpaired) electrons. The van der Waals surface area contributed by atoms with E-state index in [2.05, 4.69) is 18.7 Å². The van der Waals surface area contributed by atoms with Gasteiger partial charge in [-0.1, -0.05) is 26.3 Å². The average molecular weight is 389 g/mol. The van der Waals surface area contributed by atoms with E-state index in [0.717, 1.165) is 30.0 Å². The first kappa shape index (κ1) is 18.9. The van der Waals surface area contributed by atoms with Crippen LogP contribution in [0.5, 0.6) is 5.75 Å². The molecule has 1 aromatic rings. The van der Waals surface area contributed by atoms with Crippen molar-refractivity contribution in [3.05, 3.63) is 29.3 Å². The molecular formula is C17H25ClN2O4S. The molecule has 8 heteroatoms. The van der Waals surface area contributed by atoms with Crippen molar-refractivity contribution in [3.8, 4) is 5.75 Å². The highest BCUT2D eigenvalue weighted by Gasteiger charge is 2.45. The predicted octanol–water partition coefficient (Wildman–Crippen LogP) is 2.84. The van der Waals surface area contributed by atoms with Crippen molar-refractivity contribution in [1.82, 2.24) is 9.62 Å². The first-order valence-electron chi connectivity index (χ1n) is 8.60. The van der Waals surface area contributed by atoms with Gasteiger partial charge in [-0.05, 0) is 30.5 Å². The Morgan fingerprint density at radius 2 is 2.04 bits per heavy atom. The Morgan fingerprint density at radius 3 is 2.68 bits per heavy atom. The number of nitrogens with zero attached hydrogens (tertiary/aromatic N) is 1. The van der Waals surface area contributed by atoms with E-state index in [1.807, 2.05) is 22.9 Å². The minimum atomic E-state index is -4.25. The fourth-order valence-corrected chi connectivity index (χ4v) is 4.41. The van der Waals surface area contributed by atoms with Gasteiger partial charge >= 0.3 is 10.3 Å². The summed E-state index contributed by atoms with van der Waals surface area (Å²) in [6, 6.07) is 5.73. The number of fused-ring (bicyclic) bond motifs is 1. The Hall–Kier alpha value is -0.860. The van der Waals surface area contributed by atoms with Gasteiger partial charge in [0.25, 0.3) is 0 Å². The van der Waals surface area contributed by atoms with Crippen molar-refractivity contribution in [2.24, 2.45) is 0 Å². The first-order valence-corrected chi connectivity index (χ1v) is 10.5. The van der Waals surface area contributed by atoms with Crippen LogP contribution in [0.1, 0.15) is 49.6 Å². The summed E-state index contributed by atoms with van der Waals surface area (Å²) in [4.78, 5) is 2.40. The molecule has 0 bridgehead atoms. The van der Waals surface area contributed by atoms with Crippen LogP contribution < -0.4 is 9.46 Å². The molecule has 1 aromatic carbocycles. The van der Waals surface area contributed by atoms with Crippen LogP contribution in [-0.4, -0.2) is 43.7 Å². The molecule has 0 aromatic heterocycles. The smallest absolute Gasteiger partial charge is 0.333 e. The summed E-state index contributed by atoms with van der Waals surface area (Å²) in [7, 11) is -4.25. The number of halogens is 1. The molecule has 1 fully saturated rings. The third-order valence-electron chi connectivity index (χ3n) is 5.08. The van der Waals surface area contributed by atoms with Crippen molar-refractivity contribution in [2.75, 3.05) is 19.6 Å². The second-order valence-corrected chi connectivity index (χ2v) is 9.10. The molecule has 2 aliphatic rings. The molecule has 3 rings (SSSR count). The number of hydrogen-bond donors (Lipinski definition) is 2. The molecule has 0 amide bonds. The number of benzene rings is 1. The van der Waals surface area contributed by atoms with Gasteiger partial charge in [0.2, 0.25) is 0 Å². The molecule has 2 aliphatic heterocycles. The molecule has 6 nitrogen and oxygen atoms in total. The molecule has 0 saturated carbocycles. The van der Waals surface area contributed by atoms with Gasteiger partial charge in [0, 0.05) is 30.6 Å². The number of nitrogens with one attached hydrogen (secondary N) is 1. The van der Waals surface area contributed by atoms with Crippen molar-refractivity contribution in [3.63, 3.8) is 0 Å². The van der Waals surface area contributed by atoms with Gasteiger partial charge in [-0.25, -0.2) is 0 Å². The molecule has 2 unspecified atom stereocenters. The normalized spacial score (nSPS) is 24.6. The summed E-state index contributed by atoms with van der Waals surface area (Å²) in [5.74, 6) is 0.857. The lowest BCUT2D eigenvalue weighted by molar-refractivity contribution is -0.0131. The van der Waals surface area contributed by atoms with Gasteiger partial charge in [0.05, 0.1) is 5.38 Å². The number of rotatable bonds is 5. The van der Waals surface area contributed by atoms with E-state index in [0.29, 0.717) is 0 Å². The largest absolute Gasteiger partial charge is 0.474 e. The third kappa shape index (κ3) is 4.11. The van der Waals surface area contributed by atoms with E-state index >= 15 is 0 Å². The van der Waals surface area contributed by atoms with Gasteiger partial charge in [0.1, 0.15) is 5.75 Å². The Labute approximate surface area is 154 Å². The van der Waals surface area contributed by atoms with Crippen LogP contribution in [0.3, 0.4) is 0 Å². The number of piperidine rings is 1. The Bertz CT molecular complexity index is 732. The monoisotopic (exact) mass is 388 g/mol. The van der Waals surface area contributed by atoms with Crippen LogP contribution in [-0.2, 0) is 15.7 Å². The van der Waals surface area contributed by atoms with Crippen molar-refractivity contribution in [1.29, 1.82) is 0 Å². The summed E-state index contributed by atoms with van der Waals surface area (Å²) in [6.45, 7) is 6.36. The maximum atomic E-state index is 10.8. The van der Waals surface area contributed by atoms with Gasteiger partial charge in [0.15, 0.2) is 6.23 Å². The lowest BCUT2D eigenvalue weighted by atomic mass is 9.82. The van der Waals surface area contributed by atoms with Crippen LogP contribution in [0.2, 0.25) is 0 Å². The van der Waals surface area contributed by atoms with E-state index in [9.17, 15) is 8.42 Å². The number of hydrogen-bond acceptors (Lipinski definition) is 4. The minimum absolute atomic E-state index is 0.00256. The van der Waals surface area contributed by atoms with E-state index in [1.165, 1.54) is 19.3 Å². The summed E-state index contributed by atoms with van der Waals surface area (Å²) in [6.07, 6.45) is 3.67. The maximum Gasteiger partial charge on any atom is 0.333 e. The number of ether oxygens (including phenoxy) is 1. The van der Waals surface area contributed by atoms with Gasteiger partial charge in [-0.2, -0.15) is 13.1 Å². The summed E-state index contributed by atoms with van der Waals surface area (Å²) < 4.78 is 38.7. The Morgan fingerprint density at radius 1 is 1.36 bits per heavy atom. The molecule has 2 atom stereocenters. The highest BCUT2D eigenvalue weighted by Crippen LogP contribution is 2.45. The Balaban J connectivity index is 1.79. The molecule has 0 spiro atoms. The molecule has 0 aliphatic carbocycles. The van der Waals surface area contributed by atoms with E-state index in [4.69, 9.17) is 20.9 Å². The minimum Gasteiger partial charge on any atom is -0.474 e. The predicted molar refractivity (Wildman–Crippen MR) is 97.5 cm³/mol. The van der Waals surface area contributed by atoms with E-state index < -0.39 is 15.7 Å². The second-order valence-electron chi connectivity index (χ2n) is 7.34. The van der Waals surface area contributed by atoms with E-state index in [-0.39, 0.29) is 18.2 Å². The molecule has 140 valence electrons. The second kappa shape index (κ2) is 7.04. The quantitative estimate of drug-likeness (QED) is 0.599. The van der Waals surface area contributed by atoms with Gasteiger partial charge < -0.3 is 4.74 Å². The average Bonchev–Trinajstić information content (AvgIpc) is 2.83. The number of alkyl halides is 1. The molecule has 25 heavy (non-hydrogen) atoms. The van der Waals surface area contributed by atoms with Crippen LogP contribution in [0.25, 0.3) is 0 Å². The van der Waals surface area contributed by atoms with Crippen LogP contribution in [0.15, 0.2) is 18.2 Å². The topological polar surface area (TPSA) is 78.9 Å². The SMILES string of the molecule is CC1(C)c2cc(C(Cl)CNS(=O)(=O)O)ccc2OC1N1CCCCC1. The van der Waals surface area contributed by atoms with E-state index in [1.54, 1.807) is 0 Å². The zero-order valence-corrected chi connectivity index (χ0v) is 16.1. The van der Waals surface area contributed by atoms with Crippen molar-refractivity contribution >= 4 is 21.9 Å². The summed E-state index contributed by atoms with van der Waals surface area (Å²) in [5.41, 5.74) is 1.70. The summed E-state index contributed by atoms with van der Waals surface area (Å²) >= 11 is 6.30. The van der Waals surface area contributed by atoms with Crippen LogP contribution >= 0.6 is 11.6 Å². The van der Waals surface area contributed by atoms with Crippen LogP contribution in [0.4, 0.5) is 0 Å². The zero-order chi connectivity index (χ0) is 18.2. The standard InChI is InChI=1S/C17H25ClN2O4S/c1-17(2)13-10-12(14(18)11-19-25(21,22)23)6-7-15(13)24-16(17)20-8-4-3-5-9-20/h6-7,10,14,16,19H,3-5,8-9,11H2,1-2H3,(H,21,22,23). The molecule has 2 heterocycles. The highest BCUT2D eigenvalue weighted by atomic mass is 35.5. The fraction of sp³-hybridized carbons (Fsp3) is 0.647. The van der Waals surface area contributed by atoms with Crippen molar-refractivity contribution in [2.45, 2.75) is 50.1 Å². The zero-order valence-electron chi connectivity index (χ0n) is 14.5. The lowest BCUT2D eigenvalue weighted by Gasteiger charge is -2.38. The molecule has 2 N–H and O–H groups in total. The lowest BCUT2D eigenvalue weighted by Crippen LogP contribution is -2.49. The van der Waals surface area contributed by atoms with Crippen LogP contribution in [0, 0.1) is 0 Å². The third-order valence-corrected chi connectivity index (χ3v) is 6.02.